The molecule has 0 aliphatic carbocycles. The predicted octanol–water partition coefficient (Wildman–Crippen LogP) is 2.59. The zero-order valence-corrected chi connectivity index (χ0v) is 10.2. The molecule has 0 atom stereocenters. The highest BCUT2D eigenvalue weighted by Gasteiger charge is 2.08. The summed E-state index contributed by atoms with van der Waals surface area (Å²) in [4.78, 5) is 0. The summed E-state index contributed by atoms with van der Waals surface area (Å²) >= 11 is 0. The number of aliphatic hydroxyl groups excluding tert-OH is 1. The first-order chi connectivity index (χ1) is 8.40. The second kappa shape index (κ2) is 6.50. The monoisotopic (exact) mass is 235 g/mol. The number of nitrogens with one attached hydrogen (secondary N) is 1. The van der Waals surface area contributed by atoms with Crippen LogP contribution in [0.25, 0.3) is 0 Å². The second-order valence-corrected chi connectivity index (χ2v) is 4.48. The van der Waals surface area contributed by atoms with Crippen molar-refractivity contribution in [2.75, 3.05) is 25.1 Å². The number of hydrogen-bond donors (Lipinski definition) is 2. The highest BCUT2D eigenvalue weighted by Crippen LogP contribution is 2.26. The van der Waals surface area contributed by atoms with Crippen LogP contribution in [0.2, 0.25) is 0 Å². The smallest absolute Gasteiger partial charge is 0.121 e. The number of benzene rings is 1. The average molecular weight is 235 g/mol. The van der Waals surface area contributed by atoms with Gasteiger partial charge in [0.1, 0.15) is 5.75 Å². The van der Waals surface area contributed by atoms with Crippen molar-refractivity contribution >= 4 is 5.69 Å². The maximum atomic E-state index is 8.67. The van der Waals surface area contributed by atoms with Crippen LogP contribution in [-0.4, -0.2) is 24.9 Å². The van der Waals surface area contributed by atoms with Crippen LogP contribution in [0.15, 0.2) is 18.2 Å². The third kappa shape index (κ3) is 3.63. The third-order valence-corrected chi connectivity index (χ3v) is 3.09. The van der Waals surface area contributed by atoms with Gasteiger partial charge in [0.2, 0.25) is 0 Å². The first-order valence-electron chi connectivity index (χ1n) is 6.50. The highest BCUT2D eigenvalue weighted by molar-refractivity contribution is 5.56. The lowest BCUT2D eigenvalue weighted by Gasteiger charge is -2.18. The van der Waals surface area contributed by atoms with Crippen LogP contribution in [0.1, 0.15) is 31.2 Å². The largest absolute Gasteiger partial charge is 0.494 e. The van der Waals surface area contributed by atoms with Crippen LogP contribution in [0.3, 0.4) is 0 Å². The molecule has 3 nitrogen and oxygen atoms in total. The molecule has 2 rings (SSSR count). The molecule has 1 heterocycles. The van der Waals surface area contributed by atoms with E-state index < -0.39 is 0 Å². The fraction of sp³-hybridized carbons (Fsp3) is 0.571. The molecule has 94 valence electrons. The minimum atomic E-state index is 0.281. The van der Waals surface area contributed by atoms with Crippen molar-refractivity contribution in [2.24, 2.45) is 0 Å². The molecule has 3 heteroatoms. The fourth-order valence-corrected chi connectivity index (χ4v) is 2.11. The molecule has 0 unspecified atom stereocenters. The van der Waals surface area contributed by atoms with Gasteiger partial charge in [-0.15, -0.1) is 0 Å². The number of ether oxygens (including phenoxy) is 1. The number of aryl methyl sites for hydroxylation is 1. The molecular formula is C14H21NO2. The van der Waals surface area contributed by atoms with Crippen LogP contribution in [0.4, 0.5) is 5.69 Å². The van der Waals surface area contributed by atoms with E-state index in [0.717, 1.165) is 38.2 Å². The minimum absolute atomic E-state index is 0.281. The Kier molecular flexibility index (Phi) is 4.68. The van der Waals surface area contributed by atoms with Crippen molar-refractivity contribution in [3.8, 4) is 5.75 Å². The van der Waals surface area contributed by atoms with Crippen molar-refractivity contribution in [3.05, 3.63) is 23.8 Å². The van der Waals surface area contributed by atoms with Crippen molar-refractivity contribution in [2.45, 2.75) is 32.1 Å². The summed E-state index contributed by atoms with van der Waals surface area (Å²) in [5, 5.41) is 12.1. The van der Waals surface area contributed by atoms with Gasteiger partial charge in [-0.25, -0.2) is 0 Å². The van der Waals surface area contributed by atoms with E-state index in [4.69, 9.17) is 9.84 Å². The topological polar surface area (TPSA) is 41.5 Å². The standard InChI is InChI=1S/C14H21NO2/c16-9-2-1-3-10-17-13-7-6-12-5-4-8-15-14(12)11-13/h6-7,11,15-16H,1-5,8-10H2. The van der Waals surface area contributed by atoms with Crippen LogP contribution in [0.5, 0.6) is 5.75 Å². The van der Waals surface area contributed by atoms with Gasteiger partial charge >= 0.3 is 0 Å². The maximum Gasteiger partial charge on any atom is 0.121 e. The Bertz CT molecular complexity index is 352. The van der Waals surface area contributed by atoms with Crippen LogP contribution >= 0.6 is 0 Å². The second-order valence-electron chi connectivity index (χ2n) is 4.48. The fourth-order valence-electron chi connectivity index (χ4n) is 2.11. The number of rotatable bonds is 6. The molecule has 0 saturated heterocycles. The van der Waals surface area contributed by atoms with Gasteiger partial charge in [-0.2, -0.15) is 0 Å². The summed E-state index contributed by atoms with van der Waals surface area (Å²) in [6.45, 7) is 2.08. The Hall–Kier alpha value is -1.22. The Morgan fingerprint density at radius 3 is 3.06 bits per heavy atom. The molecule has 0 spiro atoms. The van der Waals surface area contributed by atoms with E-state index in [0.29, 0.717) is 0 Å². The first kappa shape index (κ1) is 12.2. The van der Waals surface area contributed by atoms with Crippen LogP contribution in [-0.2, 0) is 6.42 Å². The quantitative estimate of drug-likeness (QED) is 0.745. The molecule has 2 N–H and O–H groups in total. The minimum Gasteiger partial charge on any atom is -0.494 e. The average Bonchev–Trinajstić information content (AvgIpc) is 2.38. The summed E-state index contributed by atoms with van der Waals surface area (Å²) in [7, 11) is 0. The van der Waals surface area contributed by atoms with Crippen molar-refractivity contribution in [1.82, 2.24) is 0 Å². The highest BCUT2D eigenvalue weighted by atomic mass is 16.5. The lowest BCUT2D eigenvalue weighted by Crippen LogP contribution is -2.11. The Morgan fingerprint density at radius 1 is 1.24 bits per heavy atom. The van der Waals surface area contributed by atoms with E-state index in [1.54, 1.807) is 0 Å². The third-order valence-electron chi connectivity index (χ3n) is 3.09. The van der Waals surface area contributed by atoms with E-state index >= 15 is 0 Å². The molecule has 0 fully saturated rings. The van der Waals surface area contributed by atoms with Gasteiger partial charge in [0.15, 0.2) is 0 Å². The van der Waals surface area contributed by atoms with E-state index in [1.807, 2.05) is 0 Å². The molecule has 0 aromatic heterocycles. The van der Waals surface area contributed by atoms with Crippen LogP contribution < -0.4 is 10.1 Å². The van der Waals surface area contributed by atoms with Gasteiger partial charge in [0.25, 0.3) is 0 Å². The van der Waals surface area contributed by atoms with Gasteiger partial charge in [0, 0.05) is 24.9 Å². The van der Waals surface area contributed by atoms with Gasteiger partial charge in [-0.3, -0.25) is 0 Å². The number of fused-ring (bicyclic) bond motifs is 1. The molecule has 17 heavy (non-hydrogen) atoms. The number of hydrogen-bond acceptors (Lipinski definition) is 3. The SMILES string of the molecule is OCCCCCOc1ccc2c(c1)NCCC2. The zero-order valence-electron chi connectivity index (χ0n) is 10.2. The molecule has 1 aliphatic heterocycles. The van der Waals surface area contributed by atoms with E-state index in [1.165, 1.54) is 24.1 Å². The predicted molar refractivity (Wildman–Crippen MR) is 69.7 cm³/mol. The molecular weight excluding hydrogens is 214 g/mol. The molecule has 0 saturated carbocycles. The molecule has 0 radical (unpaired) electrons. The molecule has 0 amide bonds. The lowest BCUT2D eigenvalue weighted by atomic mass is 10.0. The summed E-state index contributed by atoms with van der Waals surface area (Å²) in [6.07, 6.45) is 5.29. The Labute approximate surface area is 103 Å². The van der Waals surface area contributed by atoms with Gasteiger partial charge < -0.3 is 15.2 Å². The maximum absolute atomic E-state index is 8.67. The normalized spacial score (nSPS) is 13.9. The van der Waals surface area contributed by atoms with Gasteiger partial charge in [-0.1, -0.05) is 6.07 Å². The molecule has 1 aromatic carbocycles. The van der Waals surface area contributed by atoms with Gasteiger partial charge in [0.05, 0.1) is 6.61 Å². The number of unbranched alkanes of at least 4 members (excludes halogenated alkanes) is 2. The number of aliphatic hydroxyl groups is 1. The first-order valence-corrected chi connectivity index (χ1v) is 6.50. The van der Waals surface area contributed by atoms with Crippen molar-refractivity contribution < 1.29 is 9.84 Å². The summed E-state index contributed by atoms with van der Waals surface area (Å²) < 4.78 is 5.70. The summed E-state index contributed by atoms with van der Waals surface area (Å²) in [6, 6.07) is 6.31. The summed E-state index contributed by atoms with van der Waals surface area (Å²) in [5.74, 6) is 0.946. The summed E-state index contributed by atoms with van der Waals surface area (Å²) in [5.41, 5.74) is 2.62. The molecule has 1 aliphatic rings. The van der Waals surface area contributed by atoms with E-state index in [2.05, 4.69) is 23.5 Å². The number of anilines is 1. The van der Waals surface area contributed by atoms with Crippen molar-refractivity contribution in [1.29, 1.82) is 0 Å². The van der Waals surface area contributed by atoms with Crippen molar-refractivity contribution in [3.63, 3.8) is 0 Å². The van der Waals surface area contributed by atoms with Crippen LogP contribution in [0, 0.1) is 0 Å². The zero-order chi connectivity index (χ0) is 11.9. The van der Waals surface area contributed by atoms with E-state index in [9.17, 15) is 0 Å². The lowest BCUT2D eigenvalue weighted by molar-refractivity contribution is 0.266. The Balaban J connectivity index is 1.81. The molecule has 1 aromatic rings. The van der Waals surface area contributed by atoms with Gasteiger partial charge in [-0.05, 0) is 43.7 Å². The van der Waals surface area contributed by atoms with E-state index in [-0.39, 0.29) is 6.61 Å². The molecule has 0 bridgehead atoms. The Morgan fingerprint density at radius 2 is 2.18 bits per heavy atom.